The lowest BCUT2D eigenvalue weighted by molar-refractivity contribution is -0.133. The number of hydrogen-bond acceptors (Lipinski definition) is 4. The second-order valence-corrected chi connectivity index (χ2v) is 4.11. The molecule has 1 aliphatic heterocycles. The van der Waals surface area contributed by atoms with Crippen LogP contribution in [0, 0.1) is 11.3 Å². The Morgan fingerprint density at radius 2 is 2.47 bits per heavy atom. The molecule has 0 spiro atoms. The molecule has 17 heavy (non-hydrogen) atoms. The van der Waals surface area contributed by atoms with E-state index in [4.69, 9.17) is 10.00 Å². The Morgan fingerprint density at radius 1 is 1.59 bits per heavy atom. The monoisotopic (exact) mass is 230 g/mol. The molecule has 4 heteroatoms. The number of rotatable bonds is 3. The van der Waals surface area contributed by atoms with Gasteiger partial charge >= 0.3 is 0 Å². The average molecular weight is 230 g/mol. The lowest BCUT2D eigenvalue weighted by Crippen LogP contribution is -2.32. The highest BCUT2D eigenvalue weighted by atomic mass is 16.5. The predicted octanol–water partition coefficient (Wildman–Crippen LogP) is 1.83. The molecule has 0 radical (unpaired) electrons. The molecule has 2 heterocycles. The van der Waals surface area contributed by atoms with Gasteiger partial charge in [0.1, 0.15) is 12.0 Å². The maximum Gasteiger partial charge on any atom is 0.183 e. The van der Waals surface area contributed by atoms with E-state index in [9.17, 15) is 4.79 Å². The van der Waals surface area contributed by atoms with Gasteiger partial charge < -0.3 is 4.74 Å². The number of ether oxygens (including phenoxy) is 1. The van der Waals surface area contributed by atoms with Crippen molar-refractivity contribution in [3.63, 3.8) is 0 Å². The zero-order chi connectivity index (χ0) is 12.1. The second kappa shape index (κ2) is 5.55. The molecule has 2 unspecified atom stereocenters. The molecule has 1 fully saturated rings. The minimum absolute atomic E-state index is 0.139. The van der Waals surface area contributed by atoms with Crippen molar-refractivity contribution in [3.8, 4) is 6.07 Å². The Bertz CT molecular complexity index is 419. The quantitative estimate of drug-likeness (QED) is 0.794. The van der Waals surface area contributed by atoms with Crippen LogP contribution < -0.4 is 0 Å². The molecule has 2 rings (SSSR count). The molecule has 0 N–H and O–H groups in total. The Hall–Kier alpha value is -1.73. The van der Waals surface area contributed by atoms with Gasteiger partial charge in [-0.25, -0.2) is 0 Å². The molecule has 0 aromatic carbocycles. The van der Waals surface area contributed by atoms with Crippen LogP contribution in [0.25, 0.3) is 0 Å². The van der Waals surface area contributed by atoms with E-state index in [-0.39, 0.29) is 5.78 Å². The third-order valence-corrected chi connectivity index (χ3v) is 2.93. The van der Waals surface area contributed by atoms with Crippen LogP contribution in [0.5, 0.6) is 0 Å². The van der Waals surface area contributed by atoms with Crippen molar-refractivity contribution >= 4 is 5.78 Å². The Labute approximate surface area is 100 Å². The van der Waals surface area contributed by atoms with Crippen LogP contribution in [0.2, 0.25) is 0 Å². The normalized spacial score (nSPS) is 21.5. The van der Waals surface area contributed by atoms with E-state index in [2.05, 4.69) is 4.98 Å². The summed E-state index contributed by atoms with van der Waals surface area (Å²) < 4.78 is 5.42. The van der Waals surface area contributed by atoms with Gasteiger partial charge in [0, 0.05) is 19.0 Å². The highest BCUT2D eigenvalue weighted by molar-refractivity contribution is 5.92. The molecule has 4 nitrogen and oxygen atoms in total. The second-order valence-electron chi connectivity index (χ2n) is 4.11. The summed E-state index contributed by atoms with van der Waals surface area (Å²) in [5, 5.41) is 9.13. The summed E-state index contributed by atoms with van der Waals surface area (Å²) >= 11 is 0. The van der Waals surface area contributed by atoms with Crippen LogP contribution in [0.3, 0.4) is 0 Å². The average Bonchev–Trinajstić information content (AvgIpc) is 2.42. The standard InChI is InChI=1S/C13H14N2O2/c14-8-11(10-4-3-6-15-9-10)13(16)12-5-1-2-7-17-12/h3-4,6,9,11-12H,1-2,5,7H2. The summed E-state index contributed by atoms with van der Waals surface area (Å²) in [6.45, 7) is 0.613. The predicted molar refractivity (Wildman–Crippen MR) is 61.2 cm³/mol. The SMILES string of the molecule is N#CC(C(=O)C1CCCCO1)c1cccnc1. The molecule has 1 aromatic heterocycles. The first-order chi connectivity index (χ1) is 8.33. The molecule has 1 aliphatic rings. The number of nitrogens with zero attached hydrogens (tertiary/aromatic N) is 2. The van der Waals surface area contributed by atoms with E-state index in [1.807, 2.05) is 6.07 Å². The van der Waals surface area contributed by atoms with Crippen LogP contribution in [-0.4, -0.2) is 23.5 Å². The van der Waals surface area contributed by atoms with Crippen molar-refractivity contribution in [3.05, 3.63) is 30.1 Å². The summed E-state index contributed by atoms with van der Waals surface area (Å²) in [6.07, 6.45) is 5.47. The highest BCUT2D eigenvalue weighted by Gasteiger charge is 2.30. The zero-order valence-corrected chi connectivity index (χ0v) is 9.50. The summed E-state index contributed by atoms with van der Waals surface area (Å²) in [5.74, 6) is -0.896. The van der Waals surface area contributed by atoms with E-state index in [1.165, 1.54) is 0 Å². The van der Waals surface area contributed by atoms with Gasteiger partial charge in [0.25, 0.3) is 0 Å². The topological polar surface area (TPSA) is 63.0 Å². The number of carbonyl (C=O) groups is 1. The van der Waals surface area contributed by atoms with Crippen LogP contribution in [0.4, 0.5) is 0 Å². The molecule has 0 aliphatic carbocycles. The Kier molecular flexibility index (Phi) is 3.84. The van der Waals surface area contributed by atoms with Crippen molar-refractivity contribution in [1.82, 2.24) is 4.98 Å². The summed E-state index contributed by atoms with van der Waals surface area (Å²) in [5.41, 5.74) is 0.647. The van der Waals surface area contributed by atoms with Crippen molar-refractivity contribution in [2.75, 3.05) is 6.61 Å². The van der Waals surface area contributed by atoms with Crippen LogP contribution in [-0.2, 0) is 9.53 Å². The van der Waals surface area contributed by atoms with E-state index in [1.54, 1.807) is 24.5 Å². The molecule has 0 amide bonds. The smallest absolute Gasteiger partial charge is 0.183 e. The lowest BCUT2D eigenvalue weighted by Gasteiger charge is -2.23. The molecular formula is C13H14N2O2. The first kappa shape index (κ1) is 11.7. The fraction of sp³-hybridized carbons (Fsp3) is 0.462. The van der Waals surface area contributed by atoms with Gasteiger partial charge in [-0.2, -0.15) is 5.26 Å². The number of Topliss-reactive ketones (excluding diaryl/α,β-unsaturated/α-hetero) is 1. The molecule has 0 bridgehead atoms. The maximum absolute atomic E-state index is 12.2. The van der Waals surface area contributed by atoms with Crippen LogP contribution >= 0.6 is 0 Å². The molecule has 1 aromatic rings. The number of nitriles is 1. The van der Waals surface area contributed by atoms with Gasteiger partial charge in [-0.3, -0.25) is 9.78 Å². The summed E-state index contributed by atoms with van der Waals surface area (Å²) in [7, 11) is 0. The Balaban J connectivity index is 2.13. The zero-order valence-electron chi connectivity index (χ0n) is 9.50. The van der Waals surface area contributed by atoms with Crippen molar-refractivity contribution in [1.29, 1.82) is 5.26 Å². The molecule has 1 saturated heterocycles. The summed E-state index contributed by atoms with van der Waals surface area (Å²) in [6, 6.07) is 5.53. The van der Waals surface area contributed by atoms with Gasteiger partial charge in [0.15, 0.2) is 5.78 Å². The van der Waals surface area contributed by atoms with Crippen LogP contribution in [0.15, 0.2) is 24.5 Å². The third-order valence-electron chi connectivity index (χ3n) is 2.93. The first-order valence-corrected chi connectivity index (χ1v) is 5.78. The third kappa shape index (κ3) is 2.69. The van der Waals surface area contributed by atoms with E-state index < -0.39 is 12.0 Å². The minimum Gasteiger partial charge on any atom is -0.370 e. The van der Waals surface area contributed by atoms with Crippen molar-refractivity contribution < 1.29 is 9.53 Å². The van der Waals surface area contributed by atoms with Gasteiger partial charge in [0.2, 0.25) is 0 Å². The molecule has 0 saturated carbocycles. The minimum atomic E-state index is -0.758. The van der Waals surface area contributed by atoms with E-state index >= 15 is 0 Å². The fourth-order valence-electron chi connectivity index (χ4n) is 2.00. The van der Waals surface area contributed by atoms with Gasteiger partial charge in [-0.15, -0.1) is 0 Å². The lowest BCUT2D eigenvalue weighted by atomic mass is 9.91. The molecule has 2 atom stereocenters. The van der Waals surface area contributed by atoms with Gasteiger partial charge in [0.05, 0.1) is 6.07 Å². The Morgan fingerprint density at radius 3 is 3.06 bits per heavy atom. The number of pyridine rings is 1. The van der Waals surface area contributed by atoms with Gasteiger partial charge in [-0.05, 0) is 30.9 Å². The van der Waals surface area contributed by atoms with Gasteiger partial charge in [-0.1, -0.05) is 6.07 Å². The van der Waals surface area contributed by atoms with Crippen molar-refractivity contribution in [2.24, 2.45) is 0 Å². The number of carbonyl (C=O) groups excluding carboxylic acids is 1. The summed E-state index contributed by atoms with van der Waals surface area (Å²) in [4.78, 5) is 16.1. The first-order valence-electron chi connectivity index (χ1n) is 5.78. The fourth-order valence-corrected chi connectivity index (χ4v) is 2.00. The highest BCUT2D eigenvalue weighted by Crippen LogP contribution is 2.22. The maximum atomic E-state index is 12.2. The number of aromatic nitrogens is 1. The molecular weight excluding hydrogens is 216 g/mol. The largest absolute Gasteiger partial charge is 0.370 e. The van der Waals surface area contributed by atoms with E-state index in [0.717, 1.165) is 19.3 Å². The van der Waals surface area contributed by atoms with E-state index in [0.29, 0.717) is 12.2 Å². The molecule has 88 valence electrons. The number of ketones is 1. The van der Waals surface area contributed by atoms with Crippen LogP contribution in [0.1, 0.15) is 30.7 Å². The van der Waals surface area contributed by atoms with Crippen molar-refractivity contribution in [2.45, 2.75) is 31.3 Å². The number of hydrogen-bond donors (Lipinski definition) is 0.